The third kappa shape index (κ3) is 6.52. The zero-order valence-electron chi connectivity index (χ0n) is 20.6. The predicted octanol–water partition coefficient (Wildman–Crippen LogP) is 3.80. The van der Waals surface area contributed by atoms with E-state index in [4.69, 9.17) is 0 Å². The van der Waals surface area contributed by atoms with Crippen molar-refractivity contribution in [2.24, 2.45) is 0 Å². The van der Waals surface area contributed by atoms with Crippen LogP contribution in [0.4, 0.5) is 17.3 Å². The lowest BCUT2D eigenvalue weighted by molar-refractivity contribution is 0.102. The number of para-hydroxylation sites is 1. The summed E-state index contributed by atoms with van der Waals surface area (Å²) in [6, 6.07) is 22.6. The number of rotatable bonds is 9. The van der Waals surface area contributed by atoms with E-state index in [0.717, 1.165) is 11.8 Å². The van der Waals surface area contributed by atoms with Crippen molar-refractivity contribution in [1.29, 1.82) is 0 Å². The number of anilines is 3. The Bertz CT molecular complexity index is 1660. The zero-order chi connectivity index (χ0) is 27.3. The van der Waals surface area contributed by atoms with Gasteiger partial charge in [-0.2, -0.15) is 0 Å². The molecule has 12 heteroatoms. The maximum atomic E-state index is 13.2. The molecule has 0 spiro atoms. The molecule has 0 radical (unpaired) electrons. The number of aromatic nitrogens is 2. The van der Waals surface area contributed by atoms with E-state index in [2.05, 4.69) is 20.0 Å². The first-order valence-electron chi connectivity index (χ1n) is 11.4. The number of aryl methyl sites for hydroxylation is 1. The summed E-state index contributed by atoms with van der Waals surface area (Å²) in [4.78, 5) is 21.1. The van der Waals surface area contributed by atoms with E-state index in [-0.39, 0.29) is 28.6 Å². The molecule has 0 aliphatic heterocycles. The van der Waals surface area contributed by atoms with Gasteiger partial charge in [-0.3, -0.25) is 9.10 Å². The Morgan fingerprint density at radius 2 is 1.53 bits per heavy atom. The molecule has 1 aromatic heterocycles. The van der Waals surface area contributed by atoms with Crippen LogP contribution in [0.5, 0.6) is 0 Å². The first kappa shape index (κ1) is 26.8. The van der Waals surface area contributed by atoms with Gasteiger partial charge in [0.2, 0.25) is 16.0 Å². The Morgan fingerprint density at radius 3 is 2.18 bits per heavy atom. The fraction of sp³-hybridized carbons (Fsp3) is 0.115. The summed E-state index contributed by atoms with van der Waals surface area (Å²) in [5.41, 5.74) is 2.05. The lowest BCUT2D eigenvalue weighted by Crippen LogP contribution is -2.31. The number of carbonyl (C=O) groups excluding carboxylic acids is 1. The smallest absolute Gasteiger partial charge is 0.264 e. The summed E-state index contributed by atoms with van der Waals surface area (Å²) in [6.07, 6.45) is 2.53. The lowest BCUT2D eigenvalue weighted by Gasteiger charge is -2.24. The molecule has 0 atom stereocenters. The van der Waals surface area contributed by atoms with Crippen molar-refractivity contribution in [2.45, 2.75) is 18.4 Å². The minimum absolute atomic E-state index is 0.0490. The van der Waals surface area contributed by atoms with Crippen LogP contribution in [0.2, 0.25) is 0 Å². The van der Waals surface area contributed by atoms with Gasteiger partial charge in [0, 0.05) is 17.6 Å². The molecule has 1 amide bonds. The van der Waals surface area contributed by atoms with Gasteiger partial charge in [-0.15, -0.1) is 0 Å². The van der Waals surface area contributed by atoms with Crippen molar-refractivity contribution in [3.8, 4) is 0 Å². The summed E-state index contributed by atoms with van der Waals surface area (Å²) < 4.78 is 54.2. The van der Waals surface area contributed by atoms with E-state index in [1.165, 1.54) is 40.8 Å². The van der Waals surface area contributed by atoms with Crippen molar-refractivity contribution in [2.75, 3.05) is 20.6 Å². The van der Waals surface area contributed by atoms with Crippen LogP contribution < -0.4 is 14.3 Å². The summed E-state index contributed by atoms with van der Waals surface area (Å²) in [6.45, 7) is 1.76. The molecule has 0 unspecified atom stereocenters. The van der Waals surface area contributed by atoms with Crippen LogP contribution in [-0.4, -0.2) is 39.0 Å². The van der Waals surface area contributed by atoms with E-state index in [1.54, 1.807) is 43.3 Å². The van der Waals surface area contributed by atoms with Gasteiger partial charge >= 0.3 is 0 Å². The van der Waals surface area contributed by atoms with Crippen LogP contribution in [-0.2, 0) is 26.6 Å². The Labute approximate surface area is 221 Å². The average molecular weight is 552 g/mol. The second-order valence-electron chi connectivity index (χ2n) is 8.38. The average Bonchev–Trinajstić information content (AvgIpc) is 2.87. The third-order valence-corrected chi connectivity index (χ3v) is 7.90. The predicted molar refractivity (Wildman–Crippen MR) is 146 cm³/mol. The van der Waals surface area contributed by atoms with Gasteiger partial charge in [-0.05, 0) is 55.0 Å². The molecule has 4 rings (SSSR count). The zero-order valence-corrected chi connectivity index (χ0v) is 22.2. The van der Waals surface area contributed by atoms with Crippen LogP contribution in [0.25, 0.3) is 0 Å². The molecule has 2 N–H and O–H groups in total. The fourth-order valence-corrected chi connectivity index (χ4v) is 5.46. The first-order chi connectivity index (χ1) is 18.0. The number of hydrogen-bond acceptors (Lipinski definition) is 7. The molecule has 0 saturated heterocycles. The largest absolute Gasteiger partial charge is 0.322 e. The number of carbonyl (C=O) groups is 1. The molecule has 0 fully saturated rings. The van der Waals surface area contributed by atoms with Gasteiger partial charge in [-0.1, -0.05) is 42.5 Å². The number of amides is 1. The second kappa shape index (κ2) is 11.0. The number of benzene rings is 3. The van der Waals surface area contributed by atoms with Gasteiger partial charge in [0.1, 0.15) is 0 Å². The molecule has 38 heavy (non-hydrogen) atoms. The van der Waals surface area contributed by atoms with Gasteiger partial charge in [0.05, 0.1) is 28.9 Å². The maximum Gasteiger partial charge on any atom is 0.264 e. The van der Waals surface area contributed by atoms with Crippen molar-refractivity contribution >= 4 is 43.3 Å². The van der Waals surface area contributed by atoms with E-state index in [0.29, 0.717) is 11.4 Å². The minimum Gasteiger partial charge on any atom is -0.322 e. The summed E-state index contributed by atoms with van der Waals surface area (Å²) >= 11 is 0. The molecule has 3 aromatic carbocycles. The SMILES string of the molecule is Cc1ccnc(NS(=O)(=O)c2ccc(NC(=O)c3ccccc3N(Cc3ccccc3)S(C)(=O)=O)cc2)n1. The number of hydrogen-bond donors (Lipinski definition) is 2. The maximum absolute atomic E-state index is 13.2. The molecule has 0 aliphatic rings. The molecule has 0 aliphatic carbocycles. The Balaban J connectivity index is 1.55. The van der Waals surface area contributed by atoms with Crippen LogP contribution in [0.3, 0.4) is 0 Å². The van der Waals surface area contributed by atoms with Gasteiger partial charge in [-0.25, -0.2) is 31.5 Å². The highest BCUT2D eigenvalue weighted by Crippen LogP contribution is 2.26. The number of sulfonamides is 2. The van der Waals surface area contributed by atoms with Crippen molar-refractivity contribution in [3.63, 3.8) is 0 Å². The van der Waals surface area contributed by atoms with Gasteiger partial charge in [0.15, 0.2) is 0 Å². The van der Waals surface area contributed by atoms with E-state index in [9.17, 15) is 21.6 Å². The van der Waals surface area contributed by atoms with E-state index < -0.39 is 26.0 Å². The fourth-order valence-electron chi connectivity index (χ4n) is 3.61. The molecule has 0 saturated carbocycles. The summed E-state index contributed by atoms with van der Waals surface area (Å²) in [5, 5.41) is 2.70. The second-order valence-corrected chi connectivity index (χ2v) is 12.0. The normalized spacial score (nSPS) is 11.5. The highest BCUT2D eigenvalue weighted by atomic mass is 32.2. The highest BCUT2D eigenvalue weighted by molar-refractivity contribution is 7.92. The molecule has 4 aromatic rings. The number of nitrogens with zero attached hydrogens (tertiary/aromatic N) is 3. The monoisotopic (exact) mass is 551 g/mol. The lowest BCUT2D eigenvalue weighted by atomic mass is 10.1. The Kier molecular flexibility index (Phi) is 7.74. The van der Waals surface area contributed by atoms with E-state index >= 15 is 0 Å². The van der Waals surface area contributed by atoms with Crippen LogP contribution in [0.1, 0.15) is 21.6 Å². The Hall–Kier alpha value is -4.29. The number of nitrogens with one attached hydrogen (secondary N) is 2. The topological polar surface area (TPSA) is 138 Å². The van der Waals surface area contributed by atoms with Crippen LogP contribution >= 0.6 is 0 Å². The van der Waals surface area contributed by atoms with Crippen molar-refractivity contribution < 1.29 is 21.6 Å². The minimum atomic E-state index is -3.95. The molecular formula is C26H25N5O5S2. The molecule has 196 valence electrons. The Morgan fingerprint density at radius 1 is 0.868 bits per heavy atom. The highest BCUT2D eigenvalue weighted by Gasteiger charge is 2.24. The summed E-state index contributed by atoms with van der Waals surface area (Å²) in [7, 11) is -7.68. The molecule has 1 heterocycles. The van der Waals surface area contributed by atoms with E-state index in [1.807, 2.05) is 18.2 Å². The molecule has 10 nitrogen and oxygen atoms in total. The van der Waals surface area contributed by atoms with Gasteiger partial charge < -0.3 is 5.32 Å². The summed E-state index contributed by atoms with van der Waals surface area (Å²) in [5.74, 6) is -0.603. The first-order valence-corrected chi connectivity index (χ1v) is 14.7. The quantitative estimate of drug-likeness (QED) is 0.323. The molecule has 0 bridgehead atoms. The van der Waals surface area contributed by atoms with Crippen molar-refractivity contribution in [3.05, 3.63) is 108 Å². The van der Waals surface area contributed by atoms with Crippen molar-refractivity contribution in [1.82, 2.24) is 9.97 Å². The molecular weight excluding hydrogens is 526 g/mol. The standard InChI is InChI=1S/C26H25N5O5S2/c1-19-16-17-27-26(28-19)30-38(35,36)22-14-12-21(13-15-22)29-25(32)23-10-6-7-11-24(23)31(37(2,33)34)18-20-8-4-3-5-9-20/h3-17H,18H2,1-2H3,(H,29,32)(H,27,28,30). The van der Waals surface area contributed by atoms with Crippen LogP contribution in [0, 0.1) is 6.92 Å². The van der Waals surface area contributed by atoms with Gasteiger partial charge in [0.25, 0.3) is 15.9 Å². The third-order valence-electron chi connectivity index (χ3n) is 5.43. The van der Waals surface area contributed by atoms with Crippen LogP contribution in [0.15, 0.2) is 96.0 Å².